The van der Waals surface area contributed by atoms with Crippen molar-refractivity contribution in [2.24, 2.45) is 34.2 Å². The number of fused-ring (bicyclic) bond motifs is 2. The molecular weight excluding hydrogens is 274 g/mol. The fourth-order valence-electron chi connectivity index (χ4n) is 4.04. The summed E-state index contributed by atoms with van der Waals surface area (Å²) in [6.45, 7) is 0. The molecule has 0 aliphatic heterocycles. The van der Waals surface area contributed by atoms with Gasteiger partial charge in [-0.25, -0.2) is 0 Å². The monoisotopic (exact) mass is 291 g/mol. The zero-order chi connectivity index (χ0) is 14.3. The number of hydrogen-bond acceptors (Lipinski definition) is 1. The Morgan fingerprint density at radius 2 is 2.00 bits per heavy atom. The van der Waals surface area contributed by atoms with E-state index in [1.807, 2.05) is 24.3 Å². The molecule has 2 saturated carbocycles. The summed E-state index contributed by atoms with van der Waals surface area (Å²) in [6, 6.07) is 7.80. The van der Waals surface area contributed by atoms with Crippen LogP contribution in [0.5, 0.6) is 0 Å². The minimum absolute atomic E-state index is 0.102. The van der Waals surface area contributed by atoms with Crippen LogP contribution in [0.1, 0.15) is 30.7 Å². The van der Waals surface area contributed by atoms with Gasteiger partial charge in [-0.2, -0.15) is 4.99 Å². The SMILES string of the molecule is NC(N)=NC(=O)[C@@H]1C2CCC(C2)[C@H]1c1cccc(Cl)c1. The molecule has 4 N–H and O–H groups in total. The van der Waals surface area contributed by atoms with Crippen LogP contribution in [0.2, 0.25) is 5.02 Å². The lowest BCUT2D eigenvalue weighted by molar-refractivity contribution is -0.123. The Labute approximate surface area is 123 Å². The molecule has 1 aromatic rings. The van der Waals surface area contributed by atoms with Gasteiger partial charge in [0.2, 0.25) is 0 Å². The van der Waals surface area contributed by atoms with Crippen molar-refractivity contribution in [2.75, 3.05) is 0 Å². The van der Waals surface area contributed by atoms with Gasteiger partial charge in [-0.05, 0) is 54.7 Å². The van der Waals surface area contributed by atoms with Crippen LogP contribution in [0.4, 0.5) is 0 Å². The lowest BCUT2D eigenvalue weighted by Gasteiger charge is -2.29. The van der Waals surface area contributed by atoms with E-state index in [0.717, 1.165) is 18.4 Å². The predicted molar refractivity (Wildman–Crippen MR) is 79.3 cm³/mol. The Balaban J connectivity index is 1.95. The first-order chi connectivity index (χ1) is 9.56. The summed E-state index contributed by atoms with van der Waals surface area (Å²) in [6.07, 6.45) is 3.36. The molecule has 5 heteroatoms. The number of hydrogen-bond donors (Lipinski definition) is 2. The number of halogens is 1. The summed E-state index contributed by atoms with van der Waals surface area (Å²) in [5, 5.41) is 0.707. The number of carbonyl (C=O) groups excluding carboxylic acids is 1. The van der Waals surface area contributed by atoms with Gasteiger partial charge in [0.15, 0.2) is 5.96 Å². The van der Waals surface area contributed by atoms with Gasteiger partial charge in [0.1, 0.15) is 0 Å². The molecule has 1 aromatic carbocycles. The topological polar surface area (TPSA) is 81.5 Å². The molecule has 2 fully saturated rings. The molecule has 0 saturated heterocycles. The third-order valence-corrected chi connectivity index (χ3v) is 4.91. The van der Waals surface area contributed by atoms with E-state index < -0.39 is 0 Å². The molecule has 0 aromatic heterocycles. The zero-order valence-corrected chi connectivity index (χ0v) is 11.9. The molecule has 20 heavy (non-hydrogen) atoms. The van der Waals surface area contributed by atoms with E-state index in [0.29, 0.717) is 16.9 Å². The first-order valence-electron chi connectivity index (χ1n) is 6.95. The number of rotatable bonds is 2. The molecule has 2 aliphatic carbocycles. The maximum absolute atomic E-state index is 12.3. The number of benzene rings is 1. The molecule has 106 valence electrons. The second-order valence-corrected chi connectivity index (χ2v) is 6.25. The summed E-state index contributed by atoms with van der Waals surface area (Å²) in [5.41, 5.74) is 11.8. The summed E-state index contributed by atoms with van der Waals surface area (Å²) in [5.74, 6) is 0.711. The number of guanidine groups is 1. The molecule has 0 radical (unpaired) electrons. The van der Waals surface area contributed by atoms with Crippen LogP contribution in [0.3, 0.4) is 0 Å². The van der Waals surface area contributed by atoms with Crippen molar-refractivity contribution in [1.29, 1.82) is 0 Å². The molecule has 1 amide bonds. The van der Waals surface area contributed by atoms with Crippen LogP contribution in [-0.4, -0.2) is 11.9 Å². The second-order valence-electron chi connectivity index (χ2n) is 5.81. The van der Waals surface area contributed by atoms with Gasteiger partial charge in [-0.1, -0.05) is 23.7 Å². The van der Waals surface area contributed by atoms with Gasteiger partial charge in [-0.3, -0.25) is 4.79 Å². The largest absolute Gasteiger partial charge is 0.370 e. The van der Waals surface area contributed by atoms with E-state index in [2.05, 4.69) is 4.99 Å². The third-order valence-electron chi connectivity index (χ3n) is 4.67. The number of nitrogens with two attached hydrogens (primary N) is 2. The lowest BCUT2D eigenvalue weighted by Crippen LogP contribution is -2.31. The molecule has 3 rings (SSSR count). The number of nitrogens with zero attached hydrogens (tertiary/aromatic N) is 1. The Kier molecular flexibility index (Phi) is 3.42. The van der Waals surface area contributed by atoms with Gasteiger partial charge >= 0.3 is 0 Å². The first kappa shape index (κ1) is 13.4. The van der Waals surface area contributed by atoms with Gasteiger partial charge in [-0.15, -0.1) is 0 Å². The highest BCUT2D eigenvalue weighted by Crippen LogP contribution is 2.57. The standard InChI is InChI=1S/C15H18ClN3O/c16-11-3-1-2-8(7-11)12-9-4-5-10(6-9)13(12)14(20)19-15(17)18/h1-3,7,9-10,12-13H,4-6H2,(H4,17,18,19,20)/t9?,10?,12-,13-/m1/s1. The van der Waals surface area contributed by atoms with E-state index in [-0.39, 0.29) is 23.7 Å². The normalized spacial score (nSPS) is 31.2. The smallest absolute Gasteiger partial charge is 0.252 e. The van der Waals surface area contributed by atoms with Crippen LogP contribution in [0, 0.1) is 17.8 Å². The summed E-state index contributed by atoms with van der Waals surface area (Å²) in [7, 11) is 0. The van der Waals surface area contributed by atoms with E-state index in [1.54, 1.807) is 0 Å². The molecule has 4 nitrogen and oxygen atoms in total. The molecule has 2 bridgehead atoms. The van der Waals surface area contributed by atoms with Crippen LogP contribution in [-0.2, 0) is 4.79 Å². The van der Waals surface area contributed by atoms with Crippen molar-refractivity contribution >= 4 is 23.5 Å². The maximum atomic E-state index is 12.3. The molecule has 4 atom stereocenters. The van der Waals surface area contributed by atoms with Crippen LogP contribution in [0.25, 0.3) is 0 Å². The zero-order valence-electron chi connectivity index (χ0n) is 11.1. The Hall–Kier alpha value is -1.55. The first-order valence-corrected chi connectivity index (χ1v) is 7.33. The van der Waals surface area contributed by atoms with Gasteiger partial charge < -0.3 is 11.5 Å². The summed E-state index contributed by atoms with van der Waals surface area (Å²) in [4.78, 5) is 16.1. The van der Waals surface area contributed by atoms with Crippen LogP contribution < -0.4 is 11.5 Å². The predicted octanol–water partition coefficient (Wildman–Crippen LogP) is 2.27. The number of amides is 1. The quantitative estimate of drug-likeness (QED) is 0.648. The molecule has 0 heterocycles. The van der Waals surface area contributed by atoms with E-state index in [9.17, 15) is 4.79 Å². The van der Waals surface area contributed by atoms with Crippen molar-refractivity contribution in [2.45, 2.75) is 25.2 Å². The van der Waals surface area contributed by atoms with Gasteiger partial charge in [0.25, 0.3) is 5.91 Å². The highest BCUT2D eigenvalue weighted by atomic mass is 35.5. The van der Waals surface area contributed by atoms with Crippen LogP contribution >= 0.6 is 11.6 Å². The Bertz CT molecular complexity index is 568. The highest BCUT2D eigenvalue weighted by molar-refractivity contribution is 6.30. The minimum Gasteiger partial charge on any atom is -0.370 e. The molecule has 2 unspecified atom stereocenters. The van der Waals surface area contributed by atoms with Crippen molar-refractivity contribution in [3.05, 3.63) is 34.9 Å². The van der Waals surface area contributed by atoms with Crippen molar-refractivity contribution < 1.29 is 4.79 Å². The summed E-state index contributed by atoms with van der Waals surface area (Å²) >= 11 is 6.08. The van der Waals surface area contributed by atoms with Crippen molar-refractivity contribution in [1.82, 2.24) is 0 Å². The van der Waals surface area contributed by atoms with E-state index in [1.165, 1.54) is 6.42 Å². The van der Waals surface area contributed by atoms with Crippen molar-refractivity contribution in [3.8, 4) is 0 Å². The average Bonchev–Trinajstić information content (AvgIpc) is 2.97. The van der Waals surface area contributed by atoms with Gasteiger partial charge in [0.05, 0.1) is 5.92 Å². The second kappa shape index (κ2) is 5.09. The fraction of sp³-hybridized carbons (Fsp3) is 0.467. The van der Waals surface area contributed by atoms with Gasteiger partial charge in [0, 0.05) is 5.02 Å². The minimum atomic E-state index is -0.179. The molecular formula is C15H18ClN3O. The Morgan fingerprint density at radius 1 is 1.25 bits per heavy atom. The number of aliphatic imine (C=N–C) groups is 1. The van der Waals surface area contributed by atoms with Crippen LogP contribution in [0.15, 0.2) is 29.3 Å². The fourth-order valence-corrected chi connectivity index (χ4v) is 4.24. The average molecular weight is 292 g/mol. The lowest BCUT2D eigenvalue weighted by atomic mass is 9.75. The van der Waals surface area contributed by atoms with Crippen molar-refractivity contribution in [3.63, 3.8) is 0 Å². The third kappa shape index (κ3) is 2.29. The molecule has 0 spiro atoms. The maximum Gasteiger partial charge on any atom is 0.252 e. The van der Waals surface area contributed by atoms with E-state index >= 15 is 0 Å². The Morgan fingerprint density at radius 3 is 2.70 bits per heavy atom. The summed E-state index contributed by atoms with van der Waals surface area (Å²) < 4.78 is 0. The molecule has 2 aliphatic rings. The number of carbonyl (C=O) groups is 1. The highest BCUT2D eigenvalue weighted by Gasteiger charge is 2.51. The van der Waals surface area contributed by atoms with E-state index in [4.69, 9.17) is 23.1 Å².